The molecule has 4 aliphatic carbocycles. The van der Waals surface area contributed by atoms with E-state index in [-0.39, 0.29) is 0 Å². The molecule has 0 spiro atoms. The fraction of sp³-hybridized carbons (Fsp3) is 1.00. The third-order valence-corrected chi connectivity index (χ3v) is 11.5. The first-order chi connectivity index (χ1) is 16.2. The van der Waals surface area contributed by atoms with Crippen LogP contribution >= 0.6 is 0 Å². The van der Waals surface area contributed by atoms with E-state index in [9.17, 15) is 0 Å². The lowest BCUT2D eigenvalue weighted by Crippen LogP contribution is -2.30. The molecule has 0 aromatic rings. The van der Waals surface area contributed by atoms with Crippen LogP contribution < -0.4 is 0 Å². The molecule has 4 saturated carbocycles. The summed E-state index contributed by atoms with van der Waals surface area (Å²) in [5, 5.41) is 0. The molecule has 0 heterocycles. The maximum Gasteiger partial charge on any atom is -0.0380 e. The third-order valence-electron chi connectivity index (χ3n) is 11.5. The lowest BCUT2D eigenvalue weighted by atomic mass is 9.65. The van der Waals surface area contributed by atoms with Crippen molar-refractivity contribution in [3.63, 3.8) is 0 Å². The zero-order valence-electron chi connectivity index (χ0n) is 22.9. The Bertz CT molecular complexity index is 452. The normalized spacial score (nSPS) is 28.9. The van der Waals surface area contributed by atoms with E-state index in [0.29, 0.717) is 0 Å². The van der Waals surface area contributed by atoms with Gasteiger partial charge < -0.3 is 0 Å². The van der Waals surface area contributed by atoms with Gasteiger partial charge in [0.2, 0.25) is 0 Å². The predicted octanol–water partition coefficient (Wildman–Crippen LogP) is 11.0. The lowest BCUT2D eigenvalue weighted by Gasteiger charge is -2.41. The highest BCUT2D eigenvalue weighted by Crippen LogP contribution is 2.46. The van der Waals surface area contributed by atoms with E-state index in [0.717, 1.165) is 47.3 Å². The molecular formula is C33H60. The highest BCUT2D eigenvalue weighted by atomic mass is 14.4. The Hall–Kier alpha value is 0. The van der Waals surface area contributed by atoms with Crippen LogP contribution in [0.2, 0.25) is 0 Å². The van der Waals surface area contributed by atoms with E-state index in [2.05, 4.69) is 13.8 Å². The molecule has 192 valence electrons. The largest absolute Gasteiger partial charge is 0.0622 e. The summed E-state index contributed by atoms with van der Waals surface area (Å²) in [6.07, 6.45) is 35.5. The van der Waals surface area contributed by atoms with Gasteiger partial charge in [-0.25, -0.2) is 0 Å². The smallest absolute Gasteiger partial charge is 0.0380 e. The van der Waals surface area contributed by atoms with E-state index in [1.165, 1.54) is 77.0 Å². The number of hydrogen-bond donors (Lipinski definition) is 0. The van der Waals surface area contributed by atoms with Crippen LogP contribution in [0.3, 0.4) is 0 Å². The molecule has 4 aliphatic rings. The minimum absolute atomic E-state index is 0.986. The minimum Gasteiger partial charge on any atom is -0.0622 e. The van der Waals surface area contributed by atoms with Gasteiger partial charge in [0.05, 0.1) is 0 Å². The molecule has 0 heteroatoms. The Kier molecular flexibility index (Phi) is 11.0. The molecule has 0 aromatic carbocycles. The first-order valence-electron chi connectivity index (χ1n) is 16.2. The van der Waals surface area contributed by atoms with Crippen LogP contribution in [0.1, 0.15) is 162 Å². The van der Waals surface area contributed by atoms with Crippen LogP contribution in [0.5, 0.6) is 0 Å². The number of rotatable bonds is 10. The van der Waals surface area contributed by atoms with Crippen molar-refractivity contribution in [2.75, 3.05) is 0 Å². The average molecular weight is 457 g/mol. The van der Waals surface area contributed by atoms with Gasteiger partial charge in [-0.2, -0.15) is 0 Å². The monoisotopic (exact) mass is 456 g/mol. The molecule has 0 N–H and O–H groups in total. The van der Waals surface area contributed by atoms with E-state index >= 15 is 0 Å². The Balaban J connectivity index is 1.44. The van der Waals surface area contributed by atoms with Gasteiger partial charge in [0.1, 0.15) is 0 Å². The maximum absolute atomic E-state index is 2.67. The van der Waals surface area contributed by atoms with Gasteiger partial charge in [0.25, 0.3) is 0 Å². The van der Waals surface area contributed by atoms with Gasteiger partial charge in [-0.1, -0.05) is 142 Å². The summed E-state index contributed by atoms with van der Waals surface area (Å²) in [4.78, 5) is 0. The molecule has 4 rings (SSSR count). The van der Waals surface area contributed by atoms with Gasteiger partial charge in [-0.15, -0.1) is 0 Å². The Morgan fingerprint density at radius 1 is 0.364 bits per heavy atom. The van der Waals surface area contributed by atoms with Crippen LogP contribution in [-0.4, -0.2) is 0 Å². The Morgan fingerprint density at radius 2 is 0.636 bits per heavy atom. The first kappa shape index (κ1) is 26.1. The Labute approximate surface area is 208 Å². The van der Waals surface area contributed by atoms with Crippen LogP contribution in [-0.2, 0) is 0 Å². The van der Waals surface area contributed by atoms with Gasteiger partial charge in [-0.3, -0.25) is 0 Å². The fourth-order valence-electron chi connectivity index (χ4n) is 9.31. The van der Waals surface area contributed by atoms with Crippen molar-refractivity contribution in [3.05, 3.63) is 0 Å². The van der Waals surface area contributed by atoms with Crippen LogP contribution in [0.15, 0.2) is 0 Å². The predicted molar refractivity (Wildman–Crippen MR) is 145 cm³/mol. The van der Waals surface area contributed by atoms with E-state index in [1.54, 1.807) is 70.6 Å². The molecule has 0 bridgehead atoms. The molecule has 0 aliphatic heterocycles. The van der Waals surface area contributed by atoms with Crippen molar-refractivity contribution >= 4 is 0 Å². The molecule has 0 amide bonds. The third kappa shape index (κ3) is 8.00. The van der Waals surface area contributed by atoms with Crippen molar-refractivity contribution in [2.45, 2.75) is 162 Å². The highest BCUT2D eigenvalue weighted by Gasteiger charge is 2.34. The second kappa shape index (κ2) is 13.9. The molecule has 4 unspecified atom stereocenters. The van der Waals surface area contributed by atoms with Crippen molar-refractivity contribution in [2.24, 2.45) is 47.3 Å². The summed E-state index contributed by atoms with van der Waals surface area (Å²) in [6.45, 7) is 5.35. The number of hydrogen-bond acceptors (Lipinski definition) is 0. The summed E-state index contributed by atoms with van der Waals surface area (Å²) in [6, 6.07) is 0. The van der Waals surface area contributed by atoms with Crippen molar-refractivity contribution in [1.29, 1.82) is 0 Å². The minimum atomic E-state index is 0.986. The van der Waals surface area contributed by atoms with Crippen LogP contribution in [0, 0.1) is 47.3 Å². The zero-order valence-corrected chi connectivity index (χ0v) is 22.9. The van der Waals surface area contributed by atoms with E-state index in [4.69, 9.17) is 0 Å². The molecule has 0 saturated heterocycles. The summed E-state index contributed by atoms with van der Waals surface area (Å²) in [5.41, 5.74) is 0. The van der Waals surface area contributed by atoms with E-state index in [1.807, 2.05) is 0 Å². The molecule has 4 fully saturated rings. The van der Waals surface area contributed by atoms with Crippen molar-refractivity contribution in [3.8, 4) is 0 Å². The summed E-state index contributed by atoms with van der Waals surface area (Å²) in [5.74, 6) is 8.32. The second-order valence-corrected chi connectivity index (χ2v) is 13.8. The Morgan fingerprint density at radius 3 is 0.939 bits per heavy atom. The van der Waals surface area contributed by atoms with Gasteiger partial charge in [0.15, 0.2) is 0 Å². The zero-order chi connectivity index (χ0) is 22.9. The topological polar surface area (TPSA) is 0 Å². The molecule has 0 radical (unpaired) electrons. The van der Waals surface area contributed by atoms with Crippen molar-refractivity contribution in [1.82, 2.24) is 0 Å². The SMILES string of the molecule is CC(CC(CC(CC(C)C1CCCCC1)C1CCCCC1)C1CCCCC1)C1CCCCC1. The van der Waals surface area contributed by atoms with Gasteiger partial charge in [-0.05, 0) is 66.6 Å². The van der Waals surface area contributed by atoms with Crippen LogP contribution in [0.4, 0.5) is 0 Å². The van der Waals surface area contributed by atoms with Gasteiger partial charge in [0, 0.05) is 0 Å². The van der Waals surface area contributed by atoms with E-state index < -0.39 is 0 Å². The molecule has 0 aromatic heterocycles. The lowest BCUT2D eigenvalue weighted by molar-refractivity contribution is 0.0996. The van der Waals surface area contributed by atoms with Crippen LogP contribution in [0.25, 0.3) is 0 Å². The van der Waals surface area contributed by atoms with Crippen molar-refractivity contribution < 1.29 is 0 Å². The quantitative estimate of drug-likeness (QED) is 0.306. The summed E-state index contributed by atoms with van der Waals surface area (Å²) < 4.78 is 0. The molecule has 0 nitrogen and oxygen atoms in total. The first-order valence-corrected chi connectivity index (χ1v) is 16.2. The summed E-state index contributed by atoms with van der Waals surface area (Å²) >= 11 is 0. The molecule has 4 atom stereocenters. The standard InChI is InChI=1S/C33H60/c1-26(28-15-7-3-8-16-28)23-32(30-19-11-5-12-20-30)25-33(31-21-13-6-14-22-31)24-27(2)29-17-9-4-10-18-29/h26-33H,3-25H2,1-2H3. The maximum atomic E-state index is 2.67. The molecule has 33 heavy (non-hydrogen) atoms. The molecular weight excluding hydrogens is 396 g/mol. The second-order valence-electron chi connectivity index (χ2n) is 13.8. The van der Waals surface area contributed by atoms with Gasteiger partial charge >= 0.3 is 0 Å². The fourth-order valence-corrected chi connectivity index (χ4v) is 9.31. The highest BCUT2D eigenvalue weighted by molar-refractivity contribution is 4.85. The summed E-state index contributed by atoms with van der Waals surface area (Å²) in [7, 11) is 0. The average Bonchev–Trinajstić information content (AvgIpc) is 2.89.